The number of carboxylic acids is 1. The summed E-state index contributed by atoms with van der Waals surface area (Å²) in [5.41, 5.74) is 0.0732. The second-order valence-corrected chi connectivity index (χ2v) is 6.66. The summed E-state index contributed by atoms with van der Waals surface area (Å²) in [4.78, 5) is 13.3. The Bertz CT molecular complexity index is 390. The smallest absolute Gasteiger partial charge is 0.326 e. The molecule has 1 rings (SSSR count). The second-order valence-electron chi connectivity index (χ2n) is 5.54. The quantitative estimate of drug-likeness (QED) is 0.869. The fourth-order valence-electron chi connectivity index (χ4n) is 1.52. The molecule has 1 aromatic rings. The lowest BCUT2D eigenvalue weighted by Gasteiger charge is -2.17. The number of aliphatic carboxylic acids is 1. The van der Waals surface area contributed by atoms with Crippen LogP contribution in [0.25, 0.3) is 0 Å². The maximum absolute atomic E-state index is 11.2. The Labute approximate surface area is 107 Å². The number of carboxylic acid groups (broad SMARTS) is 1. The van der Waals surface area contributed by atoms with Crippen molar-refractivity contribution >= 4 is 17.3 Å². The summed E-state index contributed by atoms with van der Waals surface area (Å²) in [7, 11) is 0. The monoisotopic (exact) mass is 255 g/mol. The number of thiophene rings is 1. The summed E-state index contributed by atoms with van der Waals surface area (Å²) in [6, 6.07) is 3.49. The van der Waals surface area contributed by atoms with Crippen LogP contribution in [0.15, 0.2) is 12.1 Å². The van der Waals surface area contributed by atoms with Crippen molar-refractivity contribution in [3.05, 3.63) is 21.9 Å². The third-order valence-corrected chi connectivity index (χ3v) is 3.97. The van der Waals surface area contributed by atoms with Gasteiger partial charge >= 0.3 is 5.97 Å². The van der Waals surface area contributed by atoms with Crippen molar-refractivity contribution in [3.8, 4) is 0 Å². The summed E-state index contributed by atoms with van der Waals surface area (Å²) in [6.45, 7) is 10.3. The minimum absolute atomic E-state index is 0.0732. The van der Waals surface area contributed by atoms with Crippen molar-refractivity contribution in [2.75, 3.05) is 0 Å². The Morgan fingerprint density at radius 2 is 1.94 bits per heavy atom. The van der Waals surface area contributed by atoms with Gasteiger partial charge < -0.3 is 5.11 Å². The van der Waals surface area contributed by atoms with E-state index in [-0.39, 0.29) is 11.5 Å². The lowest BCUT2D eigenvalue weighted by molar-refractivity contribution is -0.139. The van der Waals surface area contributed by atoms with Gasteiger partial charge in [-0.2, -0.15) is 0 Å². The maximum atomic E-state index is 11.2. The molecule has 0 radical (unpaired) electrons. The molecule has 0 amide bonds. The van der Waals surface area contributed by atoms with Crippen LogP contribution >= 0.6 is 11.3 Å². The predicted octanol–water partition coefficient (Wildman–Crippen LogP) is 3.17. The Morgan fingerprint density at radius 3 is 2.29 bits per heavy atom. The van der Waals surface area contributed by atoms with Crippen LogP contribution in [0.3, 0.4) is 0 Å². The van der Waals surface area contributed by atoms with Gasteiger partial charge in [0.15, 0.2) is 0 Å². The zero-order valence-electron chi connectivity index (χ0n) is 11.1. The van der Waals surface area contributed by atoms with Crippen molar-refractivity contribution in [3.63, 3.8) is 0 Å². The molecule has 0 aliphatic carbocycles. The molecule has 0 fully saturated rings. The molecule has 0 saturated heterocycles. The largest absolute Gasteiger partial charge is 0.480 e. The molecule has 3 nitrogen and oxygen atoms in total. The summed E-state index contributed by atoms with van der Waals surface area (Å²) in [5.74, 6) is -0.819. The van der Waals surface area contributed by atoms with Crippen molar-refractivity contribution in [2.24, 2.45) is 0 Å². The predicted molar refractivity (Wildman–Crippen MR) is 71.7 cm³/mol. The molecule has 0 aromatic carbocycles. The van der Waals surface area contributed by atoms with Crippen molar-refractivity contribution in [2.45, 2.75) is 52.1 Å². The van der Waals surface area contributed by atoms with Crippen LogP contribution in [-0.2, 0) is 10.2 Å². The second kappa shape index (κ2) is 5.19. The van der Waals surface area contributed by atoms with E-state index < -0.39 is 12.0 Å². The fraction of sp³-hybridized carbons (Fsp3) is 0.615. The highest BCUT2D eigenvalue weighted by Gasteiger charge is 2.24. The molecule has 4 heteroatoms. The van der Waals surface area contributed by atoms with E-state index in [4.69, 9.17) is 0 Å². The number of nitrogens with one attached hydrogen (secondary N) is 1. The van der Waals surface area contributed by atoms with Crippen LogP contribution in [0.4, 0.5) is 0 Å². The van der Waals surface area contributed by atoms with Crippen molar-refractivity contribution < 1.29 is 9.90 Å². The van der Waals surface area contributed by atoms with E-state index in [2.05, 4.69) is 26.1 Å². The molecule has 0 bridgehead atoms. The molecular weight excluding hydrogens is 234 g/mol. The molecule has 0 spiro atoms. The van der Waals surface area contributed by atoms with E-state index in [9.17, 15) is 9.90 Å². The Kier molecular flexibility index (Phi) is 4.33. The van der Waals surface area contributed by atoms with Crippen LogP contribution in [0.5, 0.6) is 0 Å². The minimum atomic E-state index is -0.819. The fourth-order valence-corrected chi connectivity index (χ4v) is 2.64. The first-order valence-corrected chi connectivity index (χ1v) is 6.62. The van der Waals surface area contributed by atoms with Crippen LogP contribution in [-0.4, -0.2) is 17.1 Å². The van der Waals surface area contributed by atoms with Gasteiger partial charge in [-0.05, 0) is 31.4 Å². The molecule has 1 heterocycles. The van der Waals surface area contributed by atoms with Gasteiger partial charge in [-0.3, -0.25) is 10.1 Å². The maximum Gasteiger partial charge on any atom is 0.326 e. The third-order valence-electron chi connectivity index (χ3n) is 2.40. The first-order valence-electron chi connectivity index (χ1n) is 5.81. The van der Waals surface area contributed by atoms with E-state index in [1.807, 2.05) is 26.0 Å². The van der Waals surface area contributed by atoms with Gasteiger partial charge in [-0.1, -0.05) is 20.8 Å². The van der Waals surface area contributed by atoms with Gasteiger partial charge in [0.05, 0.1) is 0 Å². The van der Waals surface area contributed by atoms with Crippen LogP contribution in [0.2, 0.25) is 0 Å². The number of hydrogen-bond donors (Lipinski definition) is 2. The van der Waals surface area contributed by atoms with E-state index in [0.29, 0.717) is 0 Å². The van der Waals surface area contributed by atoms with Gasteiger partial charge in [0.1, 0.15) is 6.04 Å². The zero-order valence-corrected chi connectivity index (χ0v) is 11.9. The van der Waals surface area contributed by atoms with Crippen LogP contribution < -0.4 is 5.32 Å². The average Bonchev–Trinajstić information content (AvgIpc) is 2.60. The highest BCUT2D eigenvalue weighted by atomic mass is 32.1. The zero-order chi connectivity index (χ0) is 13.2. The van der Waals surface area contributed by atoms with E-state index >= 15 is 0 Å². The van der Waals surface area contributed by atoms with Gasteiger partial charge in [0, 0.05) is 15.8 Å². The molecule has 1 aromatic heterocycles. The number of hydrogen-bond acceptors (Lipinski definition) is 3. The van der Waals surface area contributed by atoms with E-state index in [0.717, 1.165) is 4.88 Å². The molecule has 1 atom stereocenters. The summed E-state index contributed by atoms with van der Waals surface area (Å²) >= 11 is 1.57. The van der Waals surface area contributed by atoms with E-state index in [1.165, 1.54) is 4.88 Å². The Hall–Kier alpha value is -0.870. The Morgan fingerprint density at radius 1 is 1.35 bits per heavy atom. The molecule has 2 N–H and O–H groups in total. The minimum Gasteiger partial charge on any atom is -0.480 e. The van der Waals surface area contributed by atoms with Gasteiger partial charge in [-0.25, -0.2) is 0 Å². The van der Waals surface area contributed by atoms with Crippen molar-refractivity contribution in [1.82, 2.24) is 5.32 Å². The SMILES string of the molecule is CC(C)NC(C(=O)O)c1ccc(C(C)(C)C)s1. The van der Waals surface area contributed by atoms with Crippen LogP contribution in [0, 0.1) is 0 Å². The molecule has 0 aliphatic rings. The molecule has 0 saturated carbocycles. The standard InChI is InChI=1S/C13H21NO2S/c1-8(2)14-11(12(15)16)9-6-7-10(17-9)13(3,4)5/h6-8,11,14H,1-5H3,(H,15,16). The number of carbonyl (C=O) groups is 1. The van der Waals surface area contributed by atoms with Gasteiger partial charge in [0.2, 0.25) is 0 Å². The topological polar surface area (TPSA) is 49.3 Å². The highest BCUT2D eigenvalue weighted by molar-refractivity contribution is 7.12. The summed E-state index contributed by atoms with van der Waals surface area (Å²) in [5, 5.41) is 12.3. The number of rotatable bonds is 4. The van der Waals surface area contributed by atoms with Gasteiger partial charge in [0.25, 0.3) is 0 Å². The third kappa shape index (κ3) is 3.82. The molecule has 96 valence electrons. The molecule has 17 heavy (non-hydrogen) atoms. The normalized spacial score (nSPS) is 14.0. The Balaban J connectivity index is 2.96. The first-order chi connectivity index (χ1) is 7.71. The van der Waals surface area contributed by atoms with Crippen molar-refractivity contribution in [1.29, 1.82) is 0 Å². The molecule has 0 aliphatic heterocycles. The summed E-state index contributed by atoms with van der Waals surface area (Å²) in [6.07, 6.45) is 0. The molecular formula is C13H21NO2S. The molecule has 1 unspecified atom stereocenters. The van der Waals surface area contributed by atoms with E-state index in [1.54, 1.807) is 11.3 Å². The lowest BCUT2D eigenvalue weighted by Crippen LogP contribution is -2.33. The first kappa shape index (κ1) is 14.2. The summed E-state index contributed by atoms with van der Waals surface area (Å²) < 4.78 is 0. The van der Waals surface area contributed by atoms with Crippen LogP contribution in [0.1, 0.15) is 50.4 Å². The lowest BCUT2D eigenvalue weighted by atomic mass is 9.95. The van der Waals surface area contributed by atoms with Gasteiger partial charge in [-0.15, -0.1) is 11.3 Å². The highest BCUT2D eigenvalue weighted by Crippen LogP contribution is 2.32. The average molecular weight is 255 g/mol.